The van der Waals surface area contributed by atoms with E-state index in [-0.39, 0.29) is 57.4 Å². The Morgan fingerprint density at radius 3 is 1.58 bits per heavy atom. The molecule has 0 unspecified atom stereocenters. The van der Waals surface area contributed by atoms with Gasteiger partial charge < -0.3 is 30.2 Å². The Balaban J connectivity index is 0.00000196. The van der Waals surface area contributed by atoms with Gasteiger partial charge in [-0.25, -0.2) is 0 Å². The van der Waals surface area contributed by atoms with Crippen LogP contribution in [-0.4, -0.2) is 4.32 Å². The van der Waals surface area contributed by atoms with E-state index >= 15 is 0 Å². The van der Waals surface area contributed by atoms with E-state index in [1.807, 2.05) is 0 Å². The summed E-state index contributed by atoms with van der Waals surface area (Å²) in [5.74, 6) is 0. The van der Waals surface area contributed by atoms with Gasteiger partial charge in [0, 0.05) is 0 Å². The van der Waals surface area contributed by atoms with Crippen LogP contribution in [0.15, 0.2) is 84.9 Å². The molecule has 0 radical (unpaired) electrons. The maximum Gasteiger partial charge on any atom is 1.00 e. The predicted molar refractivity (Wildman–Crippen MR) is 113 cm³/mol. The van der Waals surface area contributed by atoms with E-state index in [0.29, 0.717) is 4.32 Å². The summed E-state index contributed by atoms with van der Waals surface area (Å²) in [4.78, 5) is 0. The summed E-state index contributed by atoms with van der Waals surface area (Å²) in [6, 6.07) is 29.5. The van der Waals surface area contributed by atoms with E-state index in [4.69, 9.17) is 24.8 Å². The number of nitrogens with one attached hydrogen (secondary N) is 1. The third kappa shape index (κ3) is 4.02. The minimum absolute atomic E-state index is 0. The molecule has 0 aliphatic carbocycles. The van der Waals surface area contributed by atoms with Gasteiger partial charge in [-0.2, -0.15) is 0 Å². The molecule has 0 atom stereocenters. The van der Waals surface area contributed by atoms with Gasteiger partial charge in [0.1, 0.15) is 0 Å². The average Bonchev–Trinajstić information content (AvgIpc) is 2.65. The molecule has 4 aromatic carbocycles. The van der Waals surface area contributed by atoms with Crippen molar-refractivity contribution in [2.45, 2.75) is 6.04 Å². The third-order valence-corrected chi connectivity index (χ3v) is 4.77. The van der Waals surface area contributed by atoms with Crippen molar-refractivity contribution in [1.29, 1.82) is 0 Å². The van der Waals surface area contributed by atoms with E-state index in [1.54, 1.807) is 0 Å². The van der Waals surface area contributed by atoms with Crippen LogP contribution in [0.2, 0.25) is 0 Å². The van der Waals surface area contributed by atoms with Crippen molar-refractivity contribution < 1.29 is 51.4 Å². The van der Waals surface area contributed by atoms with Gasteiger partial charge in [-0.1, -0.05) is 89.2 Å². The van der Waals surface area contributed by atoms with Crippen molar-refractivity contribution >= 4 is 50.7 Å². The molecule has 1 nitrogen and oxygen atoms in total. The van der Waals surface area contributed by atoms with Crippen molar-refractivity contribution in [2.24, 2.45) is 0 Å². The molecule has 0 amide bonds. The van der Waals surface area contributed by atoms with Crippen LogP contribution in [-0.2, 0) is 12.6 Å². The summed E-state index contributed by atoms with van der Waals surface area (Å²) in [6.45, 7) is 0. The molecule has 0 bridgehead atoms. The van der Waals surface area contributed by atoms with Crippen LogP contribution in [0.25, 0.3) is 21.5 Å². The fourth-order valence-corrected chi connectivity index (χ4v) is 3.68. The first-order chi connectivity index (χ1) is 12.2. The second-order valence-electron chi connectivity index (χ2n) is 6.00. The molecule has 0 saturated heterocycles. The van der Waals surface area contributed by atoms with Gasteiger partial charge in [0.25, 0.3) is 0 Å². The zero-order valence-corrected chi connectivity index (χ0v) is 19.2. The van der Waals surface area contributed by atoms with Crippen LogP contribution in [0.1, 0.15) is 17.2 Å². The quantitative estimate of drug-likeness (QED) is 0.324. The van der Waals surface area contributed by atoms with E-state index in [2.05, 4.69) is 90.2 Å². The number of fused-ring (bicyclic) bond motifs is 2. The molecule has 0 aliphatic heterocycles. The fraction of sp³-hybridized carbons (Fsp3) is 0.0455. The largest absolute Gasteiger partial charge is 1.00 e. The molecule has 4 heteroatoms. The fourth-order valence-electron chi connectivity index (χ4n) is 3.45. The zero-order chi connectivity index (χ0) is 17.2. The normalized spacial score (nSPS) is 10.7. The van der Waals surface area contributed by atoms with Crippen LogP contribution < -0.4 is 56.7 Å². The van der Waals surface area contributed by atoms with Crippen LogP contribution in [0, 0.1) is 0 Å². The minimum atomic E-state index is -0.0813. The van der Waals surface area contributed by atoms with Crippen LogP contribution in [0.5, 0.6) is 0 Å². The molecule has 0 saturated carbocycles. The van der Waals surface area contributed by atoms with Crippen molar-refractivity contribution in [1.82, 2.24) is 5.32 Å². The number of hydrogen-bond acceptors (Lipinski definition) is 2. The molecule has 0 fully saturated rings. The molecular weight excluding hydrogens is 381 g/mol. The van der Waals surface area contributed by atoms with Gasteiger partial charge in [0.05, 0.1) is 6.04 Å². The number of rotatable bonds is 3. The molecule has 0 heterocycles. The van der Waals surface area contributed by atoms with Crippen molar-refractivity contribution in [3.8, 4) is 0 Å². The predicted octanol–water partition coefficient (Wildman–Crippen LogP) is 2.51. The Morgan fingerprint density at radius 2 is 1.12 bits per heavy atom. The minimum Gasteiger partial charge on any atom is -0.412 e. The number of benzene rings is 4. The average molecular weight is 398 g/mol. The van der Waals surface area contributed by atoms with E-state index < -0.39 is 0 Å². The SMILES string of the molecule is S=C([S-])NC(c1cccc2ccccc12)c1cccc2ccccc12.[K+]. The Morgan fingerprint density at radius 1 is 0.692 bits per heavy atom. The Bertz CT molecular complexity index is 988. The topological polar surface area (TPSA) is 12.0 Å². The van der Waals surface area contributed by atoms with Crippen molar-refractivity contribution in [3.63, 3.8) is 0 Å². The summed E-state index contributed by atoms with van der Waals surface area (Å²) < 4.78 is 0.380. The number of thiocarbonyl (C=S) groups is 1. The number of hydrogen-bond donors (Lipinski definition) is 1. The van der Waals surface area contributed by atoms with E-state index in [9.17, 15) is 0 Å². The van der Waals surface area contributed by atoms with Crippen molar-refractivity contribution in [2.75, 3.05) is 0 Å². The van der Waals surface area contributed by atoms with E-state index in [0.717, 1.165) is 0 Å². The molecule has 4 rings (SSSR count). The summed E-state index contributed by atoms with van der Waals surface area (Å²) >= 11 is 10.4. The smallest absolute Gasteiger partial charge is 0.412 e. The van der Waals surface area contributed by atoms with Crippen LogP contribution >= 0.6 is 12.2 Å². The van der Waals surface area contributed by atoms with Gasteiger partial charge in [-0.3, -0.25) is 0 Å². The van der Waals surface area contributed by atoms with Crippen LogP contribution in [0.4, 0.5) is 0 Å². The standard InChI is InChI=1S/C22H17NS2.K/c24-22(25)23-21(19-13-5-9-15-7-1-3-11-17(15)19)20-14-6-10-16-8-2-4-12-18(16)20;/h1-14,21H,(H2,23,24,25);/q;+1/p-1. The summed E-state index contributed by atoms with van der Waals surface area (Å²) in [7, 11) is 0. The molecule has 122 valence electrons. The molecular formula is C22H16KNS2. The Kier molecular flexibility index (Phi) is 6.80. The third-order valence-electron chi connectivity index (χ3n) is 4.53. The molecule has 26 heavy (non-hydrogen) atoms. The first kappa shape index (κ1) is 19.9. The van der Waals surface area contributed by atoms with Gasteiger partial charge in [-0.05, 0) is 32.7 Å². The monoisotopic (exact) mass is 397 g/mol. The summed E-state index contributed by atoms with van der Waals surface area (Å²) in [6.07, 6.45) is 0. The molecule has 4 aromatic rings. The first-order valence-corrected chi connectivity index (χ1v) is 8.98. The molecule has 1 N–H and O–H groups in total. The van der Waals surface area contributed by atoms with Gasteiger partial charge in [0.2, 0.25) is 0 Å². The molecule has 0 spiro atoms. The van der Waals surface area contributed by atoms with E-state index in [1.165, 1.54) is 32.7 Å². The zero-order valence-electron chi connectivity index (χ0n) is 14.5. The van der Waals surface area contributed by atoms with Gasteiger partial charge in [-0.15, -0.1) is 0 Å². The Hall–Kier alpha value is -0.854. The molecule has 0 aromatic heterocycles. The van der Waals surface area contributed by atoms with Gasteiger partial charge in [0.15, 0.2) is 0 Å². The van der Waals surface area contributed by atoms with Crippen molar-refractivity contribution in [3.05, 3.63) is 96.1 Å². The maximum atomic E-state index is 5.22. The first-order valence-electron chi connectivity index (χ1n) is 8.17. The second-order valence-corrected chi connectivity index (χ2v) is 7.08. The summed E-state index contributed by atoms with van der Waals surface area (Å²) in [5.41, 5.74) is 2.36. The second kappa shape index (κ2) is 8.89. The summed E-state index contributed by atoms with van der Waals surface area (Å²) in [5, 5.41) is 8.18. The van der Waals surface area contributed by atoms with Gasteiger partial charge >= 0.3 is 51.4 Å². The van der Waals surface area contributed by atoms with Crippen LogP contribution in [0.3, 0.4) is 0 Å². The molecule has 0 aliphatic rings. The maximum absolute atomic E-state index is 5.22. The Labute approximate surface area is 207 Å².